The monoisotopic (exact) mass is 230 g/mol. The zero-order valence-corrected chi connectivity index (χ0v) is 9.76. The summed E-state index contributed by atoms with van der Waals surface area (Å²) in [6, 6.07) is 0. The van der Waals surface area contributed by atoms with Crippen LogP contribution in [0.3, 0.4) is 0 Å². The van der Waals surface area contributed by atoms with E-state index in [0.717, 1.165) is 23.8 Å². The highest BCUT2D eigenvalue weighted by atomic mass is 32.2. The summed E-state index contributed by atoms with van der Waals surface area (Å²) in [5.41, 5.74) is 4.82. The zero-order valence-electron chi connectivity index (χ0n) is 8.94. The molecule has 1 heterocycles. The molecule has 0 saturated heterocycles. The quantitative estimate of drug-likeness (QED) is 0.476. The van der Waals surface area contributed by atoms with E-state index in [0.29, 0.717) is 13.0 Å². The molecule has 0 aliphatic heterocycles. The smallest absolute Gasteiger partial charge is 0.183 e. The van der Waals surface area contributed by atoms with Crippen LogP contribution in [0.2, 0.25) is 0 Å². The minimum absolute atomic E-state index is 0.330. The van der Waals surface area contributed by atoms with Crippen molar-refractivity contribution in [3.8, 4) is 0 Å². The first kappa shape index (κ1) is 12.5. The third kappa shape index (κ3) is 4.19. The molecule has 0 saturated carbocycles. The molecule has 1 rings (SSSR count). The summed E-state index contributed by atoms with van der Waals surface area (Å²) in [6.07, 6.45) is 3.86. The third-order valence-corrected chi connectivity index (χ3v) is 3.42. The van der Waals surface area contributed by atoms with Crippen LogP contribution in [0.4, 0.5) is 0 Å². The molecule has 1 unspecified atom stereocenters. The van der Waals surface area contributed by atoms with E-state index in [9.17, 15) is 5.11 Å². The fraction of sp³-hybridized carbons (Fsp3) is 0.778. The first-order chi connectivity index (χ1) is 7.20. The van der Waals surface area contributed by atoms with Crippen LogP contribution in [0.25, 0.3) is 0 Å². The number of nitrogens with zero attached hydrogens (tertiary/aromatic N) is 2. The Morgan fingerprint density at radius 2 is 2.47 bits per heavy atom. The largest absolute Gasteiger partial charge is 0.389 e. The maximum atomic E-state index is 9.92. The Balaban J connectivity index is 2.16. The number of nitrogens with two attached hydrogens (primary N) is 1. The summed E-state index contributed by atoms with van der Waals surface area (Å²) in [6.45, 7) is 2.28. The normalized spacial score (nSPS) is 15.1. The van der Waals surface area contributed by atoms with Gasteiger partial charge in [0.15, 0.2) is 5.16 Å². The Morgan fingerprint density at radius 1 is 1.67 bits per heavy atom. The number of rotatable bonds is 7. The first-order valence-corrected chi connectivity index (χ1v) is 6.09. The van der Waals surface area contributed by atoms with Crippen LogP contribution in [0.15, 0.2) is 11.5 Å². The molecule has 0 spiro atoms. The van der Waals surface area contributed by atoms with Crippen LogP contribution >= 0.6 is 11.8 Å². The Kier molecular flexibility index (Phi) is 5.07. The summed E-state index contributed by atoms with van der Waals surface area (Å²) in [5, 5.41) is 17.3. The molecule has 6 heteroatoms. The van der Waals surface area contributed by atoms with E-state index in [4.69, 9.17) is 5.73 Å². The van der Waals surface area contributed by atoms with Crippen molar-refractivity contribution in [1.29, 1.82) is 0 Å². The van der Waals surface area contributed by atoms with Crippen molar-refractivity contribution in [2.45, 2.75) is 36.9 Å². The second-order valence-corrected chi connectivity index (χ2v) is 4.61. The number of hydrogen-bond acceptors (Lipinski definition) is 5. The summed E-state index contributed by atoms with van der Waals surface area (Å²) in [7, 11) is 0. The SMILES string of the molecule is CCC(O)(CN)CCCSc1ncn[nH]1. The van der Waals surface area contributed by atoms with Crippen molar-refractivity contribution in [3.05, 3.63) is 6.33 Å². The van der Waals surface area contributed by atoms with Gasteiger partial charge in [-0.3, -0.25) is 5.10 Å². The van der Waals surface area contributed by atoms with Crippen molar-refractivity contribution in [1.82, 2.24) is 15.2 Å². The van der Waals surface area contributed by atoms with E-state index in [1.807, 2.05) is 6.92 Å². The molecule has 0 fully saturated rings. The number of aliphatic hydroxyl groups is 1. The molecule has 1 aromatic heterocycles. The van der Waals surface area contributed by atoms with E-state index in [1.165, 1.54) is 6.33 Å². The van der Waals surface area contributed by atoms with E-state index < -0.39 is 5.60 Å². The summed E-state index contributed by atoms with van der Waals surface area (Å²) in [4.78, 5) is 4.00. The van der Waals surface area contributed by atoms with Crippen LogP contribution in [-0.4, -0.2) is 38.2 Å². The number of aromatic nitrogens is 3. The highest BCUT2D eigenvalue weighted by Gasteiger charge is 2.21. The van der Waals surface area contributed by atoms with Crippen LogP contribution in [0.1, 0.15) is 26.2 Å². The van der Waals surface area contributed by atoms with Gasteiger partial charge in [-0.2, -0.15) is 5.10 Å². The molecular weight excluding hydrogens is 212 g/mol. The van der Waals surface area contributed by atoms with Gasteiger partial charge < -0.3 is 10.8 Å². The lowest BCUT2D eigenvalue weighted by Crippen LogP contribution is -2.36. The van der Waals surface area contributed by atoms with Gasteiger partial charge in [-0.05, 0) is 19.3 Å². The molecule has 0 aliphatic rings. The lowest BCUT2D eigenvalue weighted by Gasteiger charge is -2.24. The lowest BCUT2D eigenvalue weighted by atomic mass is 9.95. The molecular formula is C9H18N4OS. The van der Waals surface area contributed by atoms with Gasteiger partial charge in [-0.1, -0.05) is 18.7 Å². The Labute approximate surface area is 93.9 Å². The fourth-order valence-electron chi connectivity index (χ4n) is 1.26. The minimum Gasteiger partial charge on any atom is -0.389 e. The second-order valence-electron chi connectivity index (χ2n) is 3.52. The average Bonchev–Trinajstić information content (AvgIpc) is 2.77. The summed E-state index contributed by atoms with van der Waals surface area (Å²) < 4.78 is 0. The zero-order chi connectivity index (χ0) is 11.1. The first-order valence-electron chi connectivity index (χ1n) is 5.11. The van der Waals surface area contributed by atoms with Crippen LogP contribution in [0.5, 0.6) is 0 Å². The molecule has 1 atom stereocenters. The van der Waals surface area contributed by atoms with Crippen LogP contribution in [-0.2, 0) is 0 Å². The van der Waals surface area contributed by atoms with Gasteiger partial charge in [-0.15, -0.1) is 0 Å². The van der Waals surface area contributed by atoms with E-state index in [-0.39, 0.29) is 0 Å². The maximum absolute atomic E-state index is 9.92. The number of H-pyrrole nitrogens is 1. The van der Waals surface area contributed by atoms with E-state index in [1.54, 1.807) is 11.8 Å². The molecule has 4 N–H and O–H groups in total. The number of thioether (sulfide) groups is 1. The molecule has 0 aliphatic carbocycles. The second kappa shape index (κ2) is 6.09. The van der Waals surface area contributed by atoms with Crippen molar-refractivity contribution in [3.63, 3.8) is 0 Å². The highest BCUT2D eigenvalue weighted by molar-refractivity contribution is 7.99. The Bertz CT molecular complexity index is 261. The van der Waals surface area contributed by atoms with Gasteiger partial charge in [-0.25, -0.2) is 4.98 Å². The average molecular weight is 230 g/mol. The topological polar surface area (TPSA) is 87.8 Å². The summed E-state index contributed by atoms with van der Waals surface area (Å²) >= 11 is 1.61. The molecule has 15 heavy (non-hydrogen) atoms. The van der Waals surface area contributed by atoms with Gasteiger partial charge in [0.05, 0.1) is 5.60 Å². The van der Waals surface area contributed by atoms with E-state index >= 15 is 0 Å². The summed E-state index contributed by atoms with van der Waals surface area (Å²) in [5.74, 6) is 0.914. The van der Waals surface area contributed by atoms with Crippen LogP contribution in [0, 0.1) is 0 Å². The molecule has 0 amide bonds. The molecule has 0 bridgehead atoms. The van der Waals surface area contributed by atoms with E-state index in [2.05, 4.69) is 15.2 Å². The van der Waals surface area contributed by atoms with Crippen molar-refractivity contribution < 1.29 is 5.11 Å². The predicted octanol–water partition coefficient (Wildman–Crippen LogP) is 0.777. The number of aromatic amines is 1. The Morgan fingerprint density at radius 3 is 3.00 bits per heavy atom. The Hall–Kier alpha value is -0.590. The molecule has 0 aromatic carbocycles. The highest BCUT2D eigenvalue weighted by Crippen LogP contribution is 2.19. The van der Waals surface area contributed by atoms with Crippen molar-refractivity contribution >= 4 is 11.8 Å². The van der Waals surface area contributed by atoms with Crippen molar-refractivity contribution in [2.24, 2.45) is 5.73 Å². The fourth-order valence-corrected chi connectivity index (χ4v) is 1.98. The van der Waals surface area contributed by atoms with Gasteiger partial charge in [0.25, 0.3) is 0 Å². The maximum Gasteiger partial charge on any atom is 0.183 e. The number of nitrogens with one attached hydrogen (secondary N) is 1. The molecule has 86 valence electrons. The van der Waals surface area contributed by atoms with Gasteiger partial charge in [0.2, 0.25) is 0 Å². The van der Waals surface area contributed by atoms with Gasteiger partial charge >= 0.3 is 0 Å². The van der Waals surface area contributed by atoms with Crippen molar-refractivity contribution in [2.75, 3.05) is 12.3 Å². The van der Waals surface area contributed by atoms with Crippen LogP contribution < -0.4 is 5.73 Å². The third-order valence-electron chi connectivity index (χ3n) is 2.46. The van der Waals surface area contributed by atoms with Gasteiger partial charge in [0, 0.05) is 12.3 Å². The molecule has 5 nitrogen and oxygen atoms in total. The lowest BCUT2D eigenvalue weighted by molar-refractivity contribution is 0.0360. The van der Waals surface area contributed by atoms with Gasteiger partial charge in [0.1, 0.15) is 6.33 Å². The predicted molar refractivity (Wildman–Crippen MR) is 60.6 cm³/mol. The standard InChI is InChI=1S/C9H18N4OS/c1-2-9(14,6-10)4-3-5-15-8-11-7-12-13-8/h7,14H,2-6,10H2,1H3,(H,11,12,13). The number of hydrogen-bond donors (Lipinski definition) is 3. The molecule has 1 aromatic rings. The molecule has 0 radical (unpaired) electrons. The minimum atomic E-state index is -0.692.